The first-order chi connectivity index (χ1) is 12.7. The first-order valence-corrected chi connectivity index (χ1v) is 10.1. The topological polar surface area (TPSA) is 71.7 Å². The highest BCUT2D eigenvalue weighted by Crippen LogP contribution is 2.17. The summed E-state index contributed by atoms with van der Waals surface area (Å²) in [6.45, 7) is 9.95. The van der Waals surface area contributed by atoms with Gasteiger partial charge >= 0.3 is 0 Å². The number of furan rings is 1. The molecule has 6 nitrogen and oxygen atoms in total. The van der Waals surface area contributed by atoms with Gasteiger partial charge in [-0.05, 0) is 38.8 Å². The van der Waals surface area contributed by atoms with Gasteiger partial charge in [0.15, 0.2) is 5.96 Å². The van der Waals surface area contributed by atoms with Crippen molar-refractivity contribution in [2.75, 3.05) is 26.2 Å². The second-order valence-corrected chi connectivity index (χ2v) is 7.17. The first kappa shape index (κ1) is 23.9. The molecule has 0 saturated carbocycles. The maximum Gasteiger partial charge on any atom is 0.191 e. The van der Waals surface area contributed by atoms with Crippen molar-refractivity contribution in [3.8, 4) is 0 Å². The molecule has 0 unspecified atom stereocenters. The Balaban J connectivity index is 0.00000364. The number of guanidine groups is 1. The molecular formula is C19H31IN4O2S. The minimum atomic E-state index is 0. The van der Waals surface area contributed by atoms with Gasteiger partial charge in [-0.2, -0.15) is 0 Å². The molecule has 2 aromatic rings. The molecule has 0 aliphatic rings. The van der Waals surface area contributed by atoms with Crippen molar-refractivity contribution in [1.82, 2.24) is 15.6 Å². The molecule has 2 rings (SSSR count). The lowest BCUT2D eigenvalue weighted by Crippen LogP contribution is -2.38. The normalized spacial score (nSPS) is 11.3. The number of nitrogens with one attached hydrogen (secondary N) is 2. The van der Waals surface area contributed by atoms with Crippen LogP contribution < -0.4 is 10.6 Å². The van der Waals surface area contributed by atoms with E-state index in [0.717, 1.165) is 50.6 Å². The van der Waals surface area contributed by atoms with Crippen LogP contribution in [0.2, 0.25) is 0 Å². The van der Waals surface area contributed by atoms with Crippen molar-refractivity contribution in [2.24, 2.45) is 4.99 Å². The van der Waals surface area contributed by atoms with Crippen molar-refractivity contribution in [3.63, 3.8) is 0 Å². The van der Waals surface area contributed by atoms with Gasteiger partial charge in [-0.25, -0.2) is 4.98 Å². The number of thiazole rings is 1. The van der Waals surface area contributed by atoms with E-state index in [1.54, 1.807) is 17.6 Å². The number of halogens is 1. The summed E-state index contributed by atoms with van der Waals surface area (Å²) < 4.78 is 10.8. The van der Waals surface area contributed by atoms with Gasteiger partial charge in [-0.15, -0.1) is 35.3 Å². The SMILES string of the molecule is CCNC(=NCCCOCc1ccco1)NCCc1nc(CC)c(C)s1.I. The second kappa shape index (κ2) is 14.0. The van der Waals surface area contributed by atoms with E-state index in [1.165, 1.54) is 15.6 Å². The van der Waals surface area contributed by atoms with Crippen molar-refractivity contribution in [2.45, 2.75) is 46.6 Å². The fourth-order valence-electron chi connectivity index (χ4n) is 2.48. The quantitative estimate of drug-likeness (QED) is 0.209. The summed E-state index contributed by atoms with van der Waals surface area (Å²) in [7, 11) is 0. The summed E-state index contributed by atoms with van der Waals surface area (Å²) in [5, 5.41) is 7.84. The summed E-state index contributed by atoms with van der Waals surface area (Å²) in [4.78, 5) is 10.6. The van der Waals surface area contributed by atoms with Crippen LogP contribution in [0.4, 0.5) is 0 Å². The van der Waals surface area contributed by atoms with Crippen LogP contribution in [-0.2, 0) is 24.2 Å². The van der Waals surface area contributed by atoms with E-state index < -0.39 is 0 Å². The zero-order chi connectivity index (χ0) is 18.6. The lowest BCUT2D eigenvalue weighted by atomic mass is 10.3. The second-order valence-electron chi connectivity index (χ2n) is 5.89. The van der Waals surface area contributed by atoms with Gasteiger partial charge in [-0.1, -0.05) is 6.92 Å². The van der Waals surface area contributed by atoms with Gasteiger partial charge in [-0.3, -0.25) is 4.99 Å². The molecule has 0 atom stereocenters. The molecular weight excluding hydrogens is 475 g/mol. The van der Waals surface area contributed by atoms with Gasteiger partial charge in [0.05, 0.1) is 17.0 Å². The molecule has 2 aromatic heterocycles. The number of hydrogen-bond donors (Lipinski definition) is 2. The number of aliphatic imine (C=N–C) groups is 1. The van der Waals surface area contributed by atoms with Gasteiger partial charge in [0.1, 0.15) is 12.4 Å². The van der Waals surface area contributed by atoms with E-state index in [-0.39, 0.29) is 24.0 Å². The van der Waals surface area contributed by atoms with Crippen LogP contribution in [0.25, 0.3) is 0 Å². The van der Waals surface area contributed by atoms with Gasteiger partial charge in [0.25, 0.3) is 0 Å². The molecule has 0 radical (unpaired) electrons. The van der Waals surface area contributed by atoms with Crippen molar-refractivity contribution < 1.29 is 9.15 Å². The Hall–Kier alpha value is -1.13. The summed E-state index contributed by atoms with van der Waals surface area (Å²) in [5.74, 6) is 1.70. The lowest BCUT2D eigenvalue weighted by molar-refractivity contribution is 0.105. The van der Waals surface area contributed by atoms with Crippen molar-refractivity contribution in [1.29, 1.82) is 0 Å². The Morgan fingerprint density at radius 2 is 2.19 bits per heavy atom. The van der Waals surface area contributed by atoms with Crippen LogP contribution in [0.5, 0.6) is 0 Å². The van der Waals surface area contributed by atoms with Crippen LogP contribution in [0.1, 0.15) is 41.6 Å². The highest BCUT2D eigenvalue weighted by molar-refractivity contribution is 14.0. The van der Waals surface area contributed by atoms with Crippen molar-refractivity contribution in [3.05, 3.63) is 39.7 Å². The van der Waals surface area contributed by atoms with E-state index in [4.69, 9.17) is 9.15 Å². The average molecular weight is 506 g/mol. The molecule has 2 heterocycles. The summed E-state index contributed by atoms with van der Waals surface area (Å²) in [6, 6.07) is 3.78. The van der Waals surface area contributed by atoms with E-state index in [1.807, 2.05) is 12.1 Å². The smallest absolute Gasteiger partial charge is 0.191 e. The molecule has 2 N–H and O–H groups in total. The molecule has 0 amide bonds. The molecule has 0 aliphatic heterocycles. The number of hydrogen-bond acceptors (Lipinski definition) is 5. The van der Waals surface area contributed by atoms with Crippen LogP contribution in [0.15, 0.2) is 27.8 Å². The molecule has 0 saturated heterocycles. The number of rotatable bonds is 11. The van der Waals surface area contributed by atoms with E-state index >= 15 is 0 Å². The van der Waals surface area contributed by atoms with E-state index in [2.05, 4.69) is 41.4 Å². The standard InChI is InChI=1S/C19H30N4O2S.HI/c1-4-17-15(3)26-18(23-17)9-11-22-19(20-5-2)21-10-7-12-24-14-16-8-6-13-25-16;/h6,8,13H,4-5,7,9-12,14H2,1-3H3,(H2,20,21,22);1H. The molecule has 0 aliphatic carbocycles. The number of ether oxygens (including phenoxy) is 1. The first-order valence-electron chi connectivity index (χ1n) is 9.30. The lowest BCUT2D eigenvalue weighted by Gasteiger charge is -2.10. The van der Waals surface area contributed by atoms with Crippen LogP contribution >= 0.6 is 35.3 Å². The Kier molecular flexibility index (Phi) is 12.4. The molecule has 0 spiro atoms. The zero-order valence-electron chi connectivity index (χ0n) is 16.4. The third-order valence-electron chi connectivity index (χ3n) is 3.79. The van der Waals surface area contributed by atoms with Crippen LogP contribution in [0.3, 0.4) is 0 Å². The maximum absolute atomic E-state index is 5.57. The Morgan fingerprint density at radius 1 is 1.33 bits per heavy atom. The van der Waals surface area contributed by atoms with Gasteiger partial charge in [0, 0.05) is 37.5 Å². The largest absolute Gasteiger partial charge is 0.467 e. The molecule has 8 heteroatoms. The molecule has 152 valence electrons. The fourth-order valence-corrected chi connectivity index (χ4v) is 3.50. The zero-order valence-corrected chi connectivity index (χ0v) is 19.6. The van der Waals surface area contributed by atoms with Crippen LogP contribution in [0, 0.1) is 6.92 Å². The van der Waals surface area contributed by atoms with E-state index in [9.17, 15) is 0 Å². The van der Waals surface area contributed by atoms with E-state index in [0.29, 0.717) is 13.2 Å². The summed E-state index contributed by atoms with van der Waals surface area (Å²) in [5.41, 5.74) is 1.22. The van der Waals surface area contributed by atoms with Gasteiger partial charge < -0.3 is 19.8 Å². The summed E-state index contributed by atoms with van der Waals surface area (Å²) >= 11 is 1.79. The number of aromatic nitrogens is 1. The average Bonchev–Trinajstić information content (AvgIpc) is 3.27. The molecule has 0 fully saturated rings. The minimum Gasteiger partial charge on any atom is -0.467 e. The predicted octanol–water partition coefficient (Wildman–Crippen LogP) is 3.93. The highest BCUT2D eigenvalue weighted by atomic mass is 127. The third-order valence-corrected chi connectivity index (χ3v) is 4.86. The van der Waals surface area contributed by atoms with Crippen molar-refractivity contribution >= 4 is 41.3 Å². The molecule has 27 heavy (non-hydrogen) atoms. The van der Waals surface area contributed by atoms with Gasteiger partial charge in [0.2, 0.25) is 0 Å². The number of nitrogens with zero attached hydrogens (tertiary/aromatic N) is 2. The van der Waals surface area contributed by atoms with Crippen LogP contribution in [-0.4, -0.2) is 37.2 Å². The number of aryl methyl sites for hydroxylation is 2. The molecule has 0 aromatic carbocycles. The summed E-state index contributed by atoms with van der Waals surface area (Å²) in [6.07, 6.45) is 4.46. The Labute approximate surface area is 183 Å². The minimum absolute atomic E-state index is 0. The molecule has 0 bridgehead atoms. The highest BCUT2D eigenvalue weighted by Gasteiger charge is 2.06. The Bertz CT molecular complexity index is 659. The fraction of sp³-hybridized carbons (Fsp3) is 0.579. The Morgan fingerprint density at radius 3 is 2.85 bits per heavy atom. The predicted molar refractivity (Wildman–Crippen MR) is 122 cm³/mol. The maximum atomic E-state index is 5.57. The third kappa shape index (κ3) is 9.07. The monoisotopic (exact) mass is 506 g/mol.